The van der Waals surface area contributed by atoms with E-state index in [1.807, 2.05) is 44.2 Å². The van der Waals surface area contributed by atoms with Crippen molar-refractivity contribution in [3.05, 3.63) is 57.1 Å². The van der Waals surface area contributed by atoms with Crippen LogP contribution < -0.4 is 10.1 Å². The van der Waals surface area contributed by atoms with Gasteiger partial charge in [0.25, 0.3) is 5.91 Å². The number of benzene rings is 1. The first-order valence-electron chi connectivity index (χ1n) is 7.61. The minimum absolute atomic E-state index is 0.163. The van der Waals surface area contributed by atoms with Gasteiger partial charge < -0.3 is 10.1 Å². The quantitative estimate of drug-likeness (QED) is 0.679. The molecule has 0 aliphatic rings. The molecule has 0 radical (unpaired) electrons. The molecular weight excluding hydrogens is 404 g/mol. The third kappa shape index (κ3) is 3.74. The summed E-state index contributed by atoms with van der Waals surface area (Å²) in [6.45, 7) is 3.80. The van der Waals surface area contributed by atoms with Gasteiger partial charge in [-0.1, -0.05) is 15.9 Å². The number of nitrogens with zero attached hydrogens (tertiary/aromatic N) is 3. The smallest absolute Gasteiger partial charge is 0.255 e. The fourth-order valence-corrected chi connectivity index (χ4v) is 3.35. The molecule has 3 aromatic rings. The van der Waals surface area contributed by atoms with Crippen LogP contribution in [-0.2, 0) is 0 Å². The molecule has 8 heteroatoms. The van der Waals surface area contributed by atoms with E-state index in [0.29, 0.717) is 11.4 Å². The van der Waals surface area contributed by atoms with E-state index in [2.05, 4.69) is 30.7 Å². The van der Waals surface area contributed by atoms with Crippen LogP contribution >= 0.6 is 27.5 Å². The lowest BCUT2D eigenvalue weighted by atomic mass is 10.2. The van der Waals surface area contributed by atoms with Crippen molar-refractivity contribution in [2.24, 2.45) is 0 Å². The molecule has 25 heavy (non-hydrogen) atoms. The molecule has 0 fully saturated rings. The summed E-state index contributed by atoms with van der Waals surface area (Å²) in [7, 11) is 1.57. The summed E-state index contributed by atoms with van der Waals surface area (Å²) in [6, 6.07) is 9.43. The van der Waals surface area contributed by atoms with Crippen molar-refractivity contribution in [3.8, 4) is 11.6 Å². The number of carbonyl (C=O) groups is 1. The first kappa shape index (κ1) is 17.6. The Morgan fingerprint density at radius 2 is 2.08 bits per heavy atom. The Bertz CT molecular complexity index is 888. The van der Waals surface area contributed by atoms with Crippen LogP contribution in [0.25, 0.3) is 5.69 Å². The number of ether oxygens (including phenoxy) is 1. The number of halogens is 1. The van der Waals surface area contributed by atoms with Gasteiger partial charge in [-0.05, 0) is 49.6 Å². The topological polar surface area (TPSA) is 69.0 Å². The fourth-order valence-electron chi connectivity index (χ4n) is 2.39. The van der Waals surface area contributed by atoms with Gasteiger partial charge in [0.05, 0.1) is 41.2 Å². The zero-order chi connectivity index (χ0) is 18.0. The van der Waals surface area contributed by atoms with Crippen LogP contribution in [0.15, 0.2) is 41.0 Å². The van der Waals surface area contributed by atoms with E-state index in [1.165, 1.54) is 11.5 Å². The Kier molecular flexibility index (Phi) is 5.19. The van der Waals surface area contributed by atoms with Crippen molar-refractivity contribution < 1.29 is 9.53 Å². The molecule has 0 saturated carbocycles. The Morgan fingerprint density at radius 3 is 2.72 bits per heavy atom. The van der Waals surface area contributed by atoms with Gasteiger partial charge >= 0.3 is 0 Å². The van der Waals surface area contributed by atoms with Crippen LogP contribution in [-0.4, -0.2) is 27.2 Å². The van der Waals surface area contributed by atoms with Gasteiger partial charge in [-0.15, -0.1) is 0 Å². The summed E-state index contributed by atoms with van der Waals surface area (Å²) in [4.78, 5) is 13.5. The summed E-state index contributed by atoms with van der Waals surface area (Å²) in [5, 5.41) is 7.32. The monoisotopic (exact) mass is 420 g/mol. The summed E-state index contributed by atoms with van der Waals surface area (Å²) in [5.74, 6) is 0.390. The number of carbonyl (C=O) groups excluding carboxylic acids is 1. The van der Waals surface area contributed by atoms with Gasteiger partial charge in [0.2, 0.25) is 5.88 Å². The van der Waals surface area contributed by atoms with Crippen LogP contribution in [0.3, 0.4) is 0 Å². The lowest BCUT2D eigenvalue weighted by Crippen LogP contribution is -2.26. The molecule has 1 N–H and O–H groups in total. The van der Waals surface area contributed by atoms with Gasteiger partial charge in [0.15, 0.2) is 0 Å². The maximum Gasteiger partial charge on any atom is 0.255 e. The van der Waals surface area contributed by atoms with Crippen molar-refractivity contribution in [2.75, 3.05) is 7.11 Å². The minimum atomic E-state index is -0.166. The van der Waals surface area contributed by atoms with E-state index in [9.17, 15) is 4.79 Å². The number of rotatable bonds is 5. The largest absolute Gasteiger partial charge is 0.480 e. The summed E-state index contributed by atoms with van der Waals surface area (Å²) >= 11 is 4.73. The van der Waals surface area contributed by atoms with Gasteiger partial charge in [-0.3, -0.25) is 4.79 Å². The third-order valence-electron chi connectivity index (χ3n) is 3.82. The van der Waals surface area contributed by atoms with Crippen molar-refractivity contribution in [1.82, 2.24) is 19.5 Å². The van der Waals surface area contributed by atoms with Crippen molar-refractivity contribution in [3.63, 3.8) is 0 Å². The van der Waals surface area contributed by atoms with E-state index in [-0.39, 0.29) is 11.9 Å². The number of aromatic nitrogens is 3. The molecule has 6 nitrogen and oxygen atoms in total. The molecule has 2 aromatic heterocycles. The van der Waals surface area contributed by atoms with E-state index < -0.39 is 0 Å². The third-order valence-corrected chi connectivity index (χ3v) is 5.30. The molecular formula is C17H17BrN4O2S. The zero-order valence-electron chi connectivity index (χ0n) is 14.0. The SMILES string of the molecule is COc1cc(C(C)NC(=O)c2cnn(-c3ccc(Br)cc3)c2C)sn1. The second-order valence-electron chi connectivity index (χ2n) is 5.50. The van der Waals surface area contributed by atoms with Crippen molar-refractivity contribution >= 4 is 33.4 Å². The second-order valence-corrected chi connectivity index (χ2v) is 7.25. The minimum Gasteiger partial charge on any atom is -0.480 e. The predicted molar refractivity (Wildman–Crippen MR) is 101 cm³/mol. The highest BCUT2D eigenvalue weighted by Crippen LogP contribution is 2.24. The lowest BCUT2D eigenvalue weighted by Gasteiger charge is -2.11. The first-order chi connectivity index (χ1) is 12.0. The number of methoxy groups -OCH3 is 1. The van der Waals surface area contributed by atoms with Gasteiger partial charge in [0.1, 0.15) is 0 Å². The zero-order valence-corrected chi connectivity index (χ0v) is 16.4. The van der Waals surface area contributed by atoms with Crippen LogP contribution in [0, 0.1) is 6.92 Å². The molecule has 1 atom stereocenters. The highest BCUT2D eigenvalue weighted by Gasteiger charge is 2.19. The number of hydrogen-bond donors (Lipinski definition) is 1. The van der Waals surface area contributed by atoms with E-state index in [1.54, 1.807) is 18.0 Å². The molecule has 2 heterocycles. The summed E-state index contributed by atoms with van der Waals surface area (Å²) < 4.78 is 12.0. The molecule has 0 aliphatic heterocycles. The number of hydrogen-bond acceptors (Lipinski definition) is 5. The number of amides is 1. The van der Waals surface area contributed by atoms with E-state index in [0.717, 1.165) is 20.7 Å². The first-order valence-corrected chi connectivity index (χ1v) is 9.18. The summed E-state index contributed by atoms with van der Waals surface area (Å²) in [6.07, 6.45) is 1.59. The maximum absolute atomic E-state index is 12.6. The molecule has 1 aromatic carbocycles. The van der Waals surface area contributed by atoms with Gasteiger partial charge in [-0.2, -0.15) is 9.47 Å². The molecule has 3 rings (SSSR count). The Morgan fingerprint density at radius 1 is 1.36 bits per heavy atom. The highest BCUT2D eigenvalue weighted by molar-refractivity contribution is 9.10. The van der Waals surface area contributed by atoms with Crippen LogP contribution in [0.5, 0.6) is 5.88 Å². The van der Waals surface area contributed by atoms with Crippen molar-refractivity contribution in [2.45, 2.75) is 19.9 Å². The van der Waals surface area contributed by atoms with Crippen molar-refractivity contribution in [1.29, 1.82) is 0 Å². The lowest BCUT2D eigenvalue weighted by molar-refractivity contribution is 0.0940. The van der Waals surface area contributed by atoms with Crippen LogP contribution in [0.1, 0.15) is 33.9 Å². The summed E-state index contributed by atoms with van der Waals surface area (Å²) in [5.41, 5.74) is 2.24. The van der Waals surface area contributed by atoms with E-state index >= 15 is 0 Å². The van der Waals surface area contributed by atoms with Crippen LogP contribution in [0.4, 0.5) is 0 Å². The molecule has 130 valence electrons. The molecule has 0 bridgehead atoms. The predicted octanol–water partition coefficient (Wildman–Crippen LogP) is 3.90. The second kappa shape index (κ2) is 7.37. The van der Waals surface area contributed by atoms with E-state index in [4.69, 9.17) is 4.74 Å². The average Bonchev–Trinajstić information content (AvgIpc) is 3.22. The molecule has 0 saturated heterocycles. The Hall–Kier alpha value is -2.19. The highest BCUT2D eigenvalue weighted by atomic mass is 79.9. The molecule has 1 amide bonds. The fraction of sp³-hybridized carbons (Fsp3) is 0.235. The molecule has 0 spiro atoms. The maximum atomic E-state index is 12.6. The normalized spacial score (nSPS) is 12.0. The van der Waals surface area contributed by atoms with Crippen LogP contribution in [0.2, 0.25) is 0 Å². The standard InChI is InChI=1S/C17H17BrN4O2S/c1-10(15-8-16(24-3)21-25-15)20-17(23)14-9-19-22(11(14)2)13-6-4-12(18)5-7-13/h4-10H,1-3H3,(H,20,23). The Labute approximate surface area is 158 Å². The molecule has 0 aliphatic carbocycles. The molecule has 1 unspecified atom stereocenters. The Balaban J connectivity index is 1.77. The van der Waals surface area contributed by atoms with Gasteiger partial charge in [-0.25, -0.2) is 4.68 Å². The number of nitrogens with one attached hydrogen (secondary N) is 1. The van der Waals surface area contributed by atoms with Gasteiger partial charge in [0, 0.05) is 10.5 Å². The average molecular weight is 421 g/mol.